The highest BCUT2D eigenvalue weighted by atomic mass is 32.2. The second-order valence-corrected chi connectivity index (χ2v) is 6.01. The average molecular weight is 316 g/mol. The van der Waals surface area contributed by atoms with E-state index in [0.29, 0.717) is 5.75 Å². The molecule has 5 heteroatoms. The molecule has 0 saturated carbocycles. The van der Waals surface area contributed by atoms with Crippen molar-refractivity contribution in [2.45, 2.75) is 12.2 Å². The third-order valence-electron chi connectivity index (χ3n) is 3.42. The molecule has 0 atom stereocenters. The largest absolute Gasteiger partial charge is 0.481 e. The van der Waals surface area contributed by atoms with Gasteiger partial charge in [0.05, 0.1) is 5.75 Å². The maximum atomic E-state index is 10.7. The number of benzene rings is 2. The summed E-state index contributed by atoms with van der Waals surface area (Å²) in [6, 6.07) is 14.2. The zero-order chi connectivity index (χ0) is 15.4. The quantitative estimate of drug-likeness (QED) is 0.886. The standard InChI is InChI=1S/C17H16O4S/c18-17(19)10-22-9-14-8-16-15(20-11-21-16)7-13(14)6-12-4-2-1-3-5-12/h1-5,7-8H,6,9-11H2,(H,18,19). The summed E-state index contributed by atoms with van der Waals surface area (Å²) in [5.74, 6) is 1.45. The summed E-state index contributed by atoms with van der Waals surface area (Å²) in [7, 11) is 0. The molecule has 22 heavy (non-hydrogen) atoms. The summed E-state index contributed by atoms with van der Waals surface area (Å²) in [5, 5.41) is 8.79. The van der Waals surface area contributed by atoms with Gasteiger partial charge in [-0.3, -0.25) is 4.79 Å². The fourth-order valence-corrected chi connectivity index (χ4v) is 3.15. The molecule has 0 bridgehead atoms. The highest BCUT2D eigenvalue weighted by Gasteiger charge is 2.17. The van der Waals surface area contributed by atoms with Gasteiger partial charge in [-0.05, 0) is 35.2 Å². The zero-order valence-corrected chi connectivity index (χ0v) is 12.8. The van der Waals surface area contributed by atoms with Gasteiger partial charge in [0.1, 0.15) is 0 Å². The van der Waals surface area contributed by atoms with Crippen molar-refractivity contribution in [1.82, 2.24) is 0 Å². The van der Waals surface area contributed by atoms with Crippen LogP contribution in [0.5, 0.6) is 11.5 Å². The molecule has 3 rings (SSSR count). The molecule has 0 saturated heterocycles. The number of carbonyl (C=O) groups is 1. The lowest BCUT2D eigenvalue weighted by Crippen LogP contribution is -2.00. The number of fused-ring (bicyclic) bond motifs is 1. The summed E-state index contributed by atoms with van der Waals surface area (Å²) in [5.41, 5.74) is 3.46. The van der Waals surface area contributed by atoms with Crippen molar-refractivity contribution in [3.63, 3.8) is 0 Å². The summed E-state index contributed by atoms with van der Waals surface area (Å²) < 4.78 is 10.9. The molecule has 0 radical (unpaired) electrons. The molecular weight excluding hydrogens is 300 g/mol. The molecule has 1 aliphatic heterocycles. The van der Waals surface area contributed by atoms with Gasteiger partial charge in [-0.25, -0.2) is 0 Å². The number of hydrogen-bond acceptors (Lipinski definition) is 4. The maximum Gasteiger partial charge on any atom is 0.313 e. The van der Waals surface area contributed by atoms with E-state index in [1.807, 2.05) is 30.3 Å². The first kappa shape index (κ1) is 14.8. The Kier molecular flexibility index (Phi) is 4.53. The summed E-state index contributed by atoms with van der Waals surface area (Å²) in [6.45, 7) is 0.242. The van der Waals surface area contributed by atoms with Crippen LogP contribution in [0.3, 0.4) is 0 Å². The Bertz CT molecular complexity index is 670. The van der Waals surface area contributed by atoms with Crippen molar-refractivity contribution < 1.29 is 19.4 Å². The number of aliphatic carboxylic acids is 1. The molecule has 1 aliphatic rings. The van der Waals surface area contributed by atoms with E-state index in [2.05, 4.69) is 12.1 Å². The summed E-state index contributed by atoms with van der Waals surface area (Å²) >= 11 is 1.39. The minimum absolute atomic E-state index is 0.0964. The fourth-order valence-electron chi connectivity index (χ4n) is 2.39. The molecule has 114 valence electrons. The third kappa shape index (κ3) is 3.54. The lowest BCUT2D eigenvalue weighted by molar-refractivity contribution is -0.133. The van der Waals surface area contributed by atoms with Crippen LogP contribution >= 0.6 is 11.8 Å². The van der Waals surface area contributed by atoms with Gasteiger partial charge < -0.3 is 14.6 Å². The normalized spacial score (nSPS) is 12.4. The molecule has 2 aromatic carbocycles. The first-order valence-corrected chi connectivity index (χ1v) is 8.12. The number of rotatable bonds is 6. The first-order chi connectivity index (χ1) is 10.7. The lowest BCUT2D eigenvalue weighted by Gasteiger charge is -2.11. The van der Waals surface area contributed by atoms with Crippen molar-refractivity contribution in [3.05, 3.63) is 59.2 Å². The SMILES string of the molecule is O=C(O)CSCc1cc2c(cc1Cc1ccccc1)OCO2. The topological polar surface area (TPSA) is 55.8 Å². The Morgan fingerprint density at radius 1 is 1.09 bits per heavy atom. The van der Waals surface area contributed by atoms with Crippen molar-refractivity contribution in [3.8, 4) is 11.5 Å². The highest BCUT2D eigenvalue weighted by molar-refractivity contribution is 7.99. The Morgan fingerprint density at radius 2 is 1.77 bits per heavy atom. The van der Waals surface area contributed by atoms with Crippen LogP contribution in [0.4, 0.5) is 0 Å². The van der Waals surface area contributed by atoms with E-state index in [9.17, 15) is 4.79 Å². The highest BCUT2D eigenvalue weighted by Crippen LogP contribution is 2.36. The molecular formula is C17H16O4S. The van der Waals surface area contributed by atoms with Crippen LogP contribution in [0.2, 0.25) is 0 Å². The zero-order valence-electron chi connectivity index (χ0n) is 12.0. The molecule has 0 aliphatic carbocycles. The van der Waals surface area contributed by atoms with E-state index in [4.69, 9.17) is 14.6 Å². The number of hydrogen-bond donors (Lipinski definition) is 1. The van der Waals surface area contributed by atoms with Gasteiger partial charge in [0.15, 0.2) is 11.5 Å². The van der Waals surface area contributed by atoms with Crippen LogP contribution in [0.1, 0.15) is 16.7 Å². The predicted octanol–water partition coefficient (Wildman–Crippen LogP) is 3.32. The van der Waals surface area contributed by atoms with Crippen molar-refractivity contribution in [2.24, 2.45) is 0 Å². The van der Waals surface area contributed by atoms with E-state index in [-0.39, 0.29) is 12.5 Å². The van der Waals surface area contributed by atoms with Gasteiger partial charge in [-0.15, -0.1) is 11.8 Å². The summed E-state index contributed by atoms with van der Waals surface area (Å²) in [4.78, 5) is 10.7. The second kappa shape index (κ2) is 6.75. The van der Waals surface area contributed by atoms with Crippen LogP contribution in [-0.2, 0) is 17.0 Å². The van der Waals surface area contributed by atoms with E-state index in [0.717, 1.165) is 29.0 Å². The van der Waals surface area contributed by atoms with Crippen LogP contribution in [-0.4, -0.2) is 23.6 Å². The molecule has 0 amide bonds. The molecule has 0 unspecified atom stereocenters. The lowest BCUT2D eigenvalue weighted by atomic mass is 10.00. The number of carboxylic acid groups (broad SMARTS) is 1. The fraction of sp³-hybridized carbons (Fsp3) is 0.235. The molecule has 4 nitrogen and oxygen atoms in total. The Hall–Kier alpha value is -2.14. The van der Waals surface area contributed by atoms with Crippen molar-refractivity contribution in [2.75, 3.05) is 12.5 Å². The summed E-state index contributed by atoms with van der Waals surface area (Å²) in [6.07, 6.45) is 0.792. The first-order valence-electron chi connectivity index (χ1n) is 6.97. The molecule has 0 fully saturated rings. The smallest absolute Gasteiger partial charge is 0.313 e. The monoisotopic (exact) mass is 316 g/mol. The van der Waals surface area contributed by atoms with Crippen LogP contribution < -0.4 is 9.47 Å². The average Bonchev–Trinajstić information content (AvgIpc) is 2.95. The van der Waals surface area contributed by atoms with E-state index < -0.39 is 5.97 Å². The van der Waals surface area contributed by atoms with Gasteiger partial charge >= 0.3 is 5.97 Å². The van der Waals surface area contributed by atoms with Crippen LogP contribution in [0.25, 0.3) is 0 Å². The van der Waals surface area contributed by atoms with E-state index in [1.165, 1.54) is 17.3 Å². The third-order valence-corrected chi connectivity index (χ3v) is 4.38. The Balaban J connectivity index is 1.84. The van der Waals surface area contributed by atoms with Gasteiger partial charge in [0.2, 0.25) is 6.79 Å². The van der Waals surface area contributed by atoms with Gasteiger partial charge in [-0.2, -0.15) is 0 Å². The number of thioether (sulfide) groups is 1. The number of carboxylic acids is 1. The second-order valence-electron chi connectivity index (χ2n) is 5.02. The van der Waals surface area contributed by atoms with Gasteiger partial charge in [0.25, 0.3) is 0 Å². The number of ether oxygens (including phenoxy) is 2. The molecule has 0 spiro atoms. The van der Waals surface area contributed by atoms with Gasteiger partial charge in [0, 0.05) is 5.75 Å². The predicted molar refractivity (Wildman–Crippen MR) is 85.6 cm³/mol. The van der Waals surface area contributed by atoms with Crippen LogP contribution in [0.15, 0.2) is 42.5 Å². The minimum atomic E-state index is -0.796. The molecule has 1 N–H and O–H groups in total. The van der Waals surface area contributed by atoms with Crippen LogP contribution in [0, 0.1) is 0 Å². The van der Waals surface area contributed by atoms with Gasteiger partial charge in [-0.1, -0.05) is 30.3 Å². The minimum Gasteiger partial charge on any atom is -0.481 e. The van der Waals surface area contributed by atoms with Crippen molar-refractivity contribution in [1.29, 1.82) is 0 Å². The Labute approximate surface area is 133 Å². The van der Waals surface area contributed by atoms with E-state index >= 15 is 0 Å². The Morgan fingerprint density at radius 3 is 2.45 bits per heavy atom. The van der Waals surface area contributed by atoms with Crippen molar-refractivity contribution >= 4 is 17.7 Å². The maximum absolute atomic E-state index is 10.7. The van der Waals surface area contributed by atoms with E-state index in [1.54, 1.807) is 0 Å². The molecule has 0 aromatic heterocycles. The molecule has 1 heterocycles. The molecule has 2 aromatic rings.